The number of hydrogen-bond acceptors (Lipinski definition) is 3. The average molecular weight is 326 g/mol. The van der Waals surface area contributed by atoms with Gasteiger partial charge in [-0.3, -0.25) is 4.79 Å². The molecule has 0 saturated carbocycles. The minimum Gasteiger partial charge on any atom is -0.350 e. The molecular weight excluding hydrogens is 300 g/mol. The van der Waals surface area contributed by atoms with Crippen LogP contribution >= 0.6 is 0 Å². The highest BCUT2D eigenvalue weighted by atomic mass is 32.2. The summed E-state index contributed by atoms with van der Waals surface area (Å²) in [7, 11) is -0.593. The van der Waals surface area contributed by atoms with Gasteiger partial charge in [0.05, 0.1) is 4.90 Å². The van der Waals surface area contributed by atoms with E-state index in [1.54, 1.807) is 12.1 Å². The summed E-state index contributed by atoms with van der Waals surface area (Å²) >= 11 is 0. The Bertz CT molecular complexity index is 610. The molecule has 1 atom stereocenters. The van der Waals surface area contributed by atoms with Gasteiger partial charge < -0.3 is 5.32 Å². The highest BCUT2D eigenvalue weighted by Crippen LogP contribution is 2.15. The first-order valence-electron chi connectivity index (χ1n) is 7.48. The zero-order chi connectivity index (χ0) is 16.9. The molecule has 6 heteroatoms. The molecule has 124 valence electrons. The summed E-state index contributed by atoms with van der Waals surface area (Å²) < 4.78 is 25.3. The third-order valence-corrected chi connectivity index (χ3v) is 5.24. The molecule has 0 aliphatic rings. The first kappa shape index (κ1) is 18.6. The van der Waals surface area contributed by atoms with E-state index in [1.165, 1.54) is 26.2 Å². The van der Waals surface area contributed by atoms with E-state index in [0.717, 1.165) is 17.1 Å². The van der Waals surface area contributed by atoms with Crippen LogP contribution in [0.2, 0.25) is 0 Å². The van der Waals surface area contributed by atoms with E-state index < -0.39 is 10.0 Å². The average Bonchev–Trinajstić information content (AvgIpc) is 2.45. The minimum atomic E-state index is -3.53. The molecule has 0 aromatic heterocycles. The molecular formula is C16H26N2O3S. The molecule has 1 unspecified atom stereocenters. The van der Waals surface area contributed by atoms with Crippen molar-refractivity contribution in [2.24, 2.45) is 5.92 Å². The molecule has 0 bridgehead atoms. The zero-order valence-corrected chi connectivity index (χ0v) is 14.8. The molecule has 5 nitrogen and oxygen atoms in total. The van der Waals surface area contributed by atoms with Crippen LogP contribution in [0.3, 0.4) is 0 Å². The third kappa shape index (κ3) is 5.10. The van der Waals surface area contributed by atoms with Gasteiger partial charge in [0.1, 0.15) is 0 Å². The van der Waals surface area contributed by atoms with Crippen LogP contribution in [0.25, 0.3) is 0 Å². The quantitative estimate of drug-likeness (QED) is 0.837. The highest BCUT2D eigenvalue weighted by molar-refractivity contribution is 7.89. The monoisotopic (exact) mass is 326 g/mol. The van der Waals surface area contributed by atoms with Crippen molar-refractivity contribution in [1.29, 1.82) is 0 Å². The fourth-order valence-corrected chi connectivity index (χ4v) is 2.92. The number of nitrogens with zero attached hydrogens (tertiary/aromatic N) is 1. The van der Waals surface area contributed by atoms with Crippen LogP contribution in [0.5, 0.6) is 0 Å². The predicted octanol–water partition coefficient (Wildman–Crippen LogP) is 2.49. The van der Waals surface area contributed by atoms with E-state index in [1.807, 2.05) is 6.92 Å². The van der Waals surface area contributed by atoms with Gasteiger partial charge in [0.2, 0.25) is 10.0 Å². The van der Waals surface area contributed by atoms with Crippen LogP contribution in [0.1, 0.15) is 44.0 Å². The van der Waals surface area contributed by atoms with Gasteiger partial charge in [-0.15, -0.1) is 0 Å². The lowest BCUT2D eigenvalue weighted by molar-refractivity contribution is 0.0937. The second-order valence-electron chi connectivity index (χ2n) is 6.16. The number of hydrogen-bond donors (Lipinski definition) is 1. The minimum absolute atomic E-state index is 0.0593. The number of amides is 1. The maximum absolute atomic E-state index is 12.2. The van der Waals surface area contributed by atoms with Gasteiger partial charge in [-0.05, 0) is 43.9 Å². The lowest BCUT2D eigenvalue weighted by atomic mass is 10.0. The summed E-state index contributed by atoms with van der Waals surface area (Å²) in [6.07, 6.45) is 1.94. The first-order chi connectivity index (χ1) is 10.1. The number of carbonyl (C=O) groups is 1. The molecule has 0 radical (unpaired) electrons. The predicted molar refractivity (Wildman–Crippen MR) is 88.3 cm³/mol. The van der Waals surface area contributed by atoms with E-state index in [4.69, 9.17) is 0 Å². The van der Waals surface area contributed by atoms with Gasteiger partial charge in [-0.25, -0.2) is 12.7 Å². The van der Waals surface area contributed by atoms with Crippen LogP contribution in [0.4, 0.5) is 0 Å². The summed E-state index contributed by atoms with van der Waals surface area (Å²) in [5, 5.41) is 2.91. The molecule has 1 rings (SSSR count). The van der Waals surface area contributed by atoms with E-state index in [2.05, 4.69) is 19.2 Å². The Labute approximate surface area is 133 Å². The summed E-state index contributed by atoms with van der Waals surface area (Å²) in [6.45, 7) is 6.24. The van der Waals surface area contributed by atoms with Crippen molar-refractivity contribution >= 4 is 15.9 Å². The molecule has 0 fully saturated rings. The topological polar surface area (TPSA) is 66.5 Å². The fraction of sp³-hybridized carbons (Fsp3) is 0.562. The van der Waals surface area contributed by atoms with Crippen LogP contribution in [-0.4, -0.2) is 38.8 Å². The number of sulfonamides is 1. The molecule has 0 aliphatic heterocycles. The van der Waals surface area contributed by atoms with Crippen LogP contribution in [0.15, 0.2) is 29.2 Å². The molecule has 0 spiro atoms. The van der Waals surface area contributed by atoms with Gasteiger partial charge in [0, 0.05) is 25.7 Å². The van der Waals surface area contributed by atoms with E-state index in [9.17, 15) is 13.2 Å². The Morgan fingerprint density at radius 2 is 1.82 bits per heavy atom. The Balaban J connectivity index is 2.83. The van der Waals surface area contributed by atoms with Gasteiger partial charge in [-0.1, -0.05) is 19.9 Å². The number of rotatable bonds is 7. The SMILES string of the molecule is CC(C)CCC(C)NC(=O)c1cccc(S(=O)(=O)N(C)C)c1. The van der Waals surface area contributed by atoms with Crippen LogP contribution in [-0.2, 0) is 10.0 Å². The largest absolute Gasteiger partial charge is 0.350 e. The molecule has 1 N–H and O–H groups in total. The van der Waals surface area contributed by atoms with Crippen molar-refractivity contribution < 1.29 is 13.2 Å². The Hall–Kier alpha value is -1.40. The maximum Gasteiger partial charge on any atom is 0.251 e. The smallest absolute Gasteiger partial charge is 0.251 e. The van der Waals surface area contributed by atoms with Crippen molar-refractivity contribution in [3.63, 3.8) is 0 Å². The third-order valence-electron chi connectivity index (χ3n) is 3.43. The van der Waals surface area contributed by atoms with Gasteiger partial charge in [0.25, 0.3) is 5.91 Å². The molecule has 1 aromatic carbocycles. The molecule has 0 aliphatic carbocycles. The highest BCUT2D eigenvalue weighted by Gasteiger charge is 2.19. The summed E-state index contributed by atoms with van der Waals surface area (Å²) in [6, 6.07) is 6.18. The Morgan fingerprint density at radius 1 is 1.18 bits per heavy atom. The van der Waals surface area contributed by atoms with E-state index in [0.29, 0.717) is 11.5 Å². The Kier molecular flexibility index (Phi) is 6.56. The zero-order valence-electron chi connectivity index (χ0n) is 14.0. The summed E-state index contributed by atoms with van der Waals surface area (Å²) in [5.74, 6) is 0.347. The maximum atomic E-state index is 12.2. The Morgan fingerprint density at radius 3 is 2.36 bits per heavy atom. The first-order valence-corrected chi connectivity index (χ1v) is 8.92. The molecule has 0 saturated heterocycles. The summed E-state index contributed by atoms with van der Waals surface area (Å²) in [4.78, 5) is 12.4. The van der Waals surface area contributed by atoms with Crippen LogP contribution in [0, 0.1) is 5.92 Å². The van der Waals surface area contributed by atoms with E-state index in [-0.39, 0.29) is 16.8 Å². The van der Waals surface area contributed by atoms with Crippen molar-refractivity contribution in [2.75, 3.05) is 14.1 Å². The fourth-order valence-electron chi connectivity index (χ4n) is 1.97. The lowest BCUT2D eigenvalue weighted by Crippen LogP contribution is -2.33. The normalized spacial score (nSPS) is 13.4. The molecule has 1 amide bonds. The van der Waals surface area contributed by atoms with Gasteiger partial charge in [-0.2, -0.15) is 0 Å². The standard InChI is InChI=1S/C16H26N2O3S/c1-12(2)9-10-13(3)17-16(19)14-7-6-8-15(11-14)22(20,21)18(4)5/h6-8,11-13H,9-10H2,1-5H3,(H,17,19). The summed E-state index contributed by atoms with van der Waals surface area (Å²) in [5.41, 5.74) is 0.360. The molecule has 1 aromatic rings. The number of carbonyl (C=O) groups excluding carboxylic acids is 1. The molecule has 0 heterocycles. The van der Waals surface area contributed by atoms with Gasteiger partial charge in [0.15, 0.2) is 0 Å². The second kappa shape index (κ2) is 7.74. The van der Waals surface area contributed by atoms with E-state index >= 15 is 0 Å². The van der Waals surface area contributed by atoms with Gasteiger partial charge >= 0.3 is 0 Å². The van der Waals surface area contributed by atoms with Crippen LogP contribution < -0.4 is 5.32 Å². The number of nitrogens with one attached hydrogen (secondary N) is 1. The number of benzene rings is 1. The van der Waals surface area contributed by atoms with Crippen molar-refractivity contribution in [1.82, 2.24) is 9.62 Å². The second-order valence-corrected chi connectivity index (χ2v) is 8.31. The van der Waals surface area contributed by atoms with Crippen molar-refractivity contribution in [3.05, 3.63) is 29.8 Å². The van der Waals surface area contributed by atoms with Crippen molar-refractivity contribution in [2.45, 2.75) is 44.6 Å². The molecule has 22 heavy (non-hydrogen) atoms. The van der Waals surface area contributed by atoms with Crippen molar-refractivity contribution in [3.8, 4) is 0 Å². The lowest BCUT2D eigenvalue weighted by Gasteiger charge is -2.16.